The highest BCUT2D eigenvalue weighted by molar-refractivity contribution is 6.31. The van der Waals surface area contributed by atoms with Crippen LogP contribution in [0.15, 0.2) is 24.3 Å². The second-order valence-electron chi connectivity index (χ2n) is 5.98. The summed E-state index contributed by atoms with van der Waals surface area (Å²) in [5, 5.41) is 0.680. The molecule has 1 aliphatic carbocycles. The smallest absolute Gasteiger partial charge is 0.337 e. The van der Waals surface area contributed by atoms with Crippen LogP contribution in [0.3, 0.4) is 0 Å². The van der Waals surface area contributed by atoms with Crippen LogP contribution in [0.1, 0.15) is 37.7 Å². The van der Waals surface area contributed by atoms with Gasteiger partial charge in [-0.25, -0.2) is 4.79 Å². The molecule has 2 atom stereocenters. The van der Waals surface area contributed by atoms with E-state index in [1.807, 2.05) is 24.3 Å². The van der Waals surface area contributed by atoms with Crippen molar-refractivity contribution >= 4 is 17.6 Å². The summed E-state index contributed by atoms with van der Waals surface area (Å²) in [5.74, 6) is -0.997. The summed E-state index contributed by atoms with van der Waals surface area (Å²) in [6.45, 7) is 0. The average molecular weight is 325 g/mol. The van der Waals surface area contributed by atoms with Crippen molar-refractivity contribution < 1.29 is 19.0 Å². The third-order valence-electron chi connectivity index (χ3n) is 4.47. The fourth-order valence-corrected chi connectivity index (χ4v) is 3.56. The number of benzene rings is 1. The number of ether oxygens (including phenoxy) is 3. The van der Waals surface area contributed by atoms with Crippen LogP contribution in [-0.2, 0) is 25.4 Å². The van der Waals surface area contributed by atoms with Crippen molar-refractivity contribution in [1.29, 1.82) is 0 Å². The molecule has 120 valence electrons. The van der Waals surface area contributed by atoms with Gasteiger partial charge in [0.05, 0.1) is 7.11 Å². The molecule has 0 bridgehead atoms. The Labute approximate surface area is 135 Å². The van der Waals surface area contributed by atoms with Gasteiger partial charge in [-0.05, 0) is 24.5 Å². The maximum absolute atomic E-state index is 12.1. The van der Waals surface area contributed by atoms with Gasteiger partial charge in [-0.2, -0.15) is 0 Å². The van der Waals surface area contributed by atoms with E-state index in [1.165, 1.54) is 13.5 Å². The number of carbonyl (C=O) groups is 1. The first-order valence-electron chi connectivity index (χ1n) is 7.80. The minimum absolute atomic E-state index is 0.356. The standard InChI is InChI=1S/C17H21ClO4/c1-20-16(19)15-14(11-12-7-3-4-8-13(12)18)21-17(22-15)9-5-2-6-10-17/h3-4,7-8,14-15H,2,5-6,9-11H2,1H3/t14?,15-/m1/s1. The molecule has 1 saturated heterocycles. The number of hydrogen-bond donors (Lipinski definition) is 0. The molecule has 1 aromatic rings. The van der Waals surface area contributed by atoms with Gasteiger partial charge < -0.3 is 14.2 Å². The van der Waals surface area contributed by atoms with Gasteiger partial charge in [0.2, 0.25) is 0 Å². The van der Waals surface area contributed by atoms with E-state index in [2.05, 4.69) is 0 Å². The highest BCUT2D eigenvalue weighted by atomic mass is 35.5. The summed E-state index contributed by atoms with van der Waals surface area (Å²) in [4.78, 5) is 12.1. The molecule has 0 N–H and O–H groups in total. The monoisotopic (exact) mass is 324 g/mol. The number of esters is 1. The predicted molar refractivity (Wildman–Crippen MR) is 82.7 cm³/mol. The van der Waals surface area contributed by atoms with Crippen LogP contribution in [0.2, 0.25) is 5.02 Å². The molecular weight excluding hydrogens is 304 g/mol. The van der Waals surface area contributed by atoms with Crippen LogP contribution in [0, 0.1) is 0 Å². The van der Waals surface area contributed by atoms with Gasteiger partial charge in [0, 0.05) is 24.3 Å². The van der Waals surface area contributed by atoms with E-state index in [1.54, 1.807) is 0 Å². The predicted octanol–water partition coefficient (Wildman–Crippen LogP) is 3.50. The minimum atomic E-state index is -0.681. The lowest BCUT2D eigenvalue weighted by Gasteiger charge is -2.31. The molecule has 3 rings (SSSR count). The molecule has 5 heteroatoms. The molecule has 2 aliphatic rings. The third-order valence-corrected chi connectivity index (χ3v) is 4.84. The number of carbonyl (C=O) groups excluding carboxylic acids is 1. The Bertz CT molecular complexity index is 539. The Morgan fingerprint density at radius 1 is 1.27 bits per heavy atom. The normalized spacial score (nSPS) is 27.0. The number of halogens is 1. The van der Waals surface area contributed by atoms with Crippen molar-refractivity contribution in [3.05, 3.63) is 34.9 Å². The summed E-state index contributed by atoms with van der Waals surface area (Å²) in [6.07, 6.45) is 4.48. The summed E-state index contributed by atoms with van der Waals surface area (Å²) in [7, 11) is 1.38. The van der Waals surface area contributed by atoms with Gasteiger partial charge in [0.15, 0.2) is 11.9 Å². The first-order chi connectivity index (χ1) is 10.6. The molecule has 2 fully saturated rings. The lowest BCUT2D eigenvalue weighted by molar-refractivity contribution is -0.199. The SMILES string of the molecule is COC(=O)[C@@H]1OC2(CCCCC2)OC1Cc1ccccc1Cl. The van der Waals surface area contributed by atoms with Crippen LogP contribution >= 0.6 is 11.6 Å². The summed E-state index contributed by atoms with van der Waals surface area (Å²) >= 11 is 6.23. The molecule has 22 heavy (non-hydrogen) atoms. The zero-order chi connectivity index (χ0) is 15.6. The molecule has 0 radical (unpaired) electrons. The van der Waals surface area contributed by atoms with Gasteiger partial charge in [-0.15, -0.1) is 0 Å². The molecule has 1 unspecified atom stereocenters. The van der Waals surface area contributed by atoms with Crippen molar-refractivity contribution in [2.24, 2.45) is 0 Å². The maximum atomic E-state index is 12.1. The second kappa shape index (κ2) is 6.57. The maximum Gasteiger partial charge on any atom is 0.337 e. The quantitative estimate of drug-likeness (QED) is 0.798. The lowest BCUT2D eigenvalue weighted by Crippen LogP contribution is -2.35. The van der Waals surface area contributed by atoms with Crippen molar-refractivity contribution in [2.75, 3.05) is 7.11 Å². The number of rotatable bonds is 3. The van der Waals surface area contributed by atoms with Gasteiger partial charge in [0.1, 0.15) is 6.10 Å². The van der Waals surface area contributed by atoms with Crippen LogP contribution < -0.4 is 0 Å². The molecule has 0 amide bonds. The van der Waals surface area contributed by atoms with Crippen LogP contribution in [0.25, 0.3) is 0 Å². The van der Waals surface area contributed by atoms with Crippen molar-refractivity contribution in [3.8, 4) is 0 Å². The van der Waals surface area contributed by atoms with Gasteiger partial charge in [-0.1, -0.05) is 36.2 Å². The minimum Gasteiger partial charge on any atom is -0.467 e. The Morgan fingerprint density at radius 2 is 2.00 bits per heavy atom. The van der Waals surface area contributed by atoms with Crippen LogP contribution in [0.4, 0.5) is 0 Å². The van der Waals surface area contributed by atoms with E-state index in [-0.39, 0.29) is 12.1 Å². The Morgan fingerprint density at radius 3 is 2.68 bits per heavy atom. The summed E-state index contributed by atoms with van der Waals surface area (Å²) in [6, 6.07) is 7.61. The molecule has 1 saturated carbocycles. The Kier molecular flexibility index (Phi) is 4.71. The molecule has 4 nitrogen and oxygen atoms in total. The zero-order valence-corrected chi connectivity index (χ0v) is 13.5. The first-order valence-corrected chi connectivity index (χ1v) is 8.18. The Balaban J connectivity index is 1.80. The topological polar surface area (TPSA) is 44.8 Å². The Hall–Kier alpha value is -1.10. The van der Waals surface area contributed by atoms with Crippen LogP contribution in [-0.4, -0.2) is 31.1 Å². The second-order valence-corrected chi connectivity index (χ2v) is 6.39. The average Bonchev–Trinajstić information content (AvgIpc) is 2.87. The van der Waals surface area contributed by atoms with Gasteiger partial charge in [-0.3, -0.25) is 0 Å². The van der Waals surface area contributed by atoms with Gasteiger partial charge >= 0.3 is 5.97 Å². The van der Waals surface area contributed by atoms with E-state index in [4.69, 9.17) is 25.8 Å². The number of hydrogen-bond acceptors (Lipinski definition) is 4. The van der Waals surface area contributed by atoms with Crippen molar-refractivity contribution in [1.82, 2.24) is 0 Å². The highest BCUT2D eigenvalue weighted by Crippen LogP contribution is 2.41. The van der Waals surface area contributed by atoms with Crippen LogP contribution in [0.5, 0.6) is 0 Å². The third kappa shape index (κ3) is 3.14. The molecule has 1 spiro atoms. The molecule has 1 heterocycles. The largest absolute Gasteiger partial charge is 0.467 e. The number of methoxy groups -OCH3 is 1. The van der Waals surface area contributed by atoms with Crippen molar-refractivity contribution in [3.63, 3.8) is 0 Å². The molecule has 1 aromatic carbocycles. The fraction of sp³-hybridized carbons (Fsp3) is 0.588. The highest BCUT2D eigenvalue weighted by Gasteiger charge is 2.51. The van der Waals surface area contributed by atoms with Gasteiger partial charge in [0.25, 0.3) is 0 Å². The van der Waals surface area contributed by atoms with E-state index < -0.39 is 11.9 Å². The van der Waals surface area contributed by atoms with Crippen molar-refractivity contribution in [2.45, 2.75) is 56.5 Å². The van der Waals surface area contributed by atoms with E-state index in [9.17, 15) is 4.79 Å². The van der Waals surface area contributed by atoms with E-state index >= 15 is 0 Å². The molecular formula is C17H21ClO4. The molecule has 1 aliphatic heterocycles. The summed E-state index contributed by atoms with van der Waals surface area (Å²) in [5.41, 5.74) is 0.958. The first kappa shape index (κ1) is 15.8. The lowest BCUT2D eigenvalue weighted by atomic mass is 9.94. The van der Waals surface area contributed by atoms with E-state index in [0.717, 1.165) is 31.2 Å². The molecule has 0 aromatic heterocycles. The zero-order valence-electron chi connectivity index (χ0n) is 12.7. The van der Waals surface area contributed by atoms with E-state index in [0.29, 0.717) is 11.4 Å². The summed E-state index contributed by atoms with van der Waals surface area (Å²) < 4.78 is 17.1. The fourth-order valence-electron chi connectivity index (χ4n) is 3.34.